The van der Waals surface area contributed by atoms with Crippen molar-refractivity contribution in [2.45, 2.75) is 24.9 Å². The third kappa shape index (κ3) is 4.51. The number of nitrogens with zero attached hydrogens (tertiary/aromatic N) is 4. The number of benzene rings is 1. The van der Waals surface area contributed by atoms with Crippen LogP contribution in [-0.2, 0) is 11.0 Å². The minimum atomic E-state index is -4.61. The number of carbonyl (C=O) groups excluding carboxylic acids is 1. The number of hydrogen-bond acceptors (Lipinski definition) is 5. The molecule has 1 fully saturated rings. The molecule has 0 atom stereocenters. The number of aromatic carboxylic acids is 1. The highest BCUT2D eigenvalue weighted by Gasteiger charge is 2.35. The van der Waals surface area contributed by atoms with Gasteiger partial charge >= 0.3 is 12.1 Å². The number of aromatic nitrogens is 4. The molecule has 0 saturated heterocycles. The van der Waals surface area contributed by atoms with Crippen LogP contribution in [0.15, 0.2) is 42.7 Å². The number of amides is 1. The van der Waals surface area contributed by atoms with Crippen molar-refractivity contribution < 1.29 is 27.9 Å². The molecule has 2 heterocycles. The van der Waals surface area contributed by atoms with E-state index in [1.165, 1.54) is 42.9 Å². The standard InChI is InChI=1S/C21H16F3N5O3/c22-21(23,24)17-8-14(7-16(27-17)12-3-4-12)19-26-10-29(28-19)9-15(18(25)30)11-1-5-13(6-2-11)20(31)32/h1-2,5-10,12H,3-4H2,(H2,25,30)(H,31,32). The maximum absolute atomic E-state index is 13.3. The highest BCUT2D eigenvalue weighted by atomic mass is 19.4. The summed E-state index contributed by atoms with van der Waals surface area (Å²) >= 11 is 0. The summed E-state index contributed by atoms with van der Waals surface area (Å²) in [6.45, 7) is 0. The van der Waals surface area contributed by atoms with Crippen molar-refractivity contribution in [1.82, 2.24) is 19.7 Å². The highest BCUT2D eigenvalue weighted by molar-refractivity contribution is 6.22. The molecule has 1 aliphatic rings. The second-order valence-corrected chi connectivity index (χ2v) is 7.28. The van der Waals surface area contributed by atoms with Gasteiger partial charge in [0.05, 0.1) is 11.1 Å². The van der Waals surface area contributed by atoms with E-state index < -0.39 is 23.7 Å². The zero-order valence-corrected chi connectivity index (χ0v) is 16.4. The monoisotopic (exact) mass is 443 g/mol. The maximum Gasteiger partial charge on any atom is 0.433 e. The molecule has 11 heteroatoms. The predicted octanol–water partition coefficient (Wildman–Crippen LogP) is 3.42. The Bertz CT molecular complexity index is 1230. The molecule has 0 spiro atoms. The number of carboxylic acid groups (broad SMARTS) is 1. The van der Waals surface area contributed by atoms with Crippen LogP contribution in [0.3, 0.4) is 0 Å². The minimum Gasteiger partial charge on any atom is -0.478 e. The van der Waals surface area contributed by atoms with Crippen LogP contribution in [0.4, 0.5) is 13.2 Å². The Balaban J connectivity index is 1.69. The Labute approximate surface area is 179 Å². The van der Waals surface area contributed by atoms with Crippen LogP contribution in [0.25, 0.3) is 23.2 Å². The van der Waals surface area contributed by atoms with Crippen LogP contribution in [0, 0.1) is 0 Å². The zero-order chi connectivity index (χ0) is 23.0. The van der Waals surface area contributed by atoms with Gasteiger partial charge < -0.3 is 10.8 Å². The van der Waals surface area contributed by atoms with Gasteiger partial charge in [0.2, 0.25) is 0 Å². The van der Waals surface area contributed by atoms with Crippen LogP contribution in [0.2, 0.25) is 0 Å². The second-order valence-electron chi connectivity index (χ2n) is 7.28. The first-order chi connectivity index (χ1) is 15.1. The lowest BCUT2D eigenvalue weighted by Crippen LogP contribution is -2.14. The molecule has 4 rings (SSSR count). The van der Waals surface area contributed by atoms with Crippen molar-refractivity contribution in [2.75, 3.05) is 0 Å². The molecular weight excluding hydrogens is 427 g/mol. The van der Waals surface area contributed by atoms with Crippen LogP contribution in [0.1, 0.15) is 46.1 Å². The molecule has 1 aromatic carbocycles. The molecule has 3 aromatic rings. The Morgan fingerprint density at radius 1 is 1.12 bits per heavy atom. The quantitative estimate of drug-likeness (QED) is 0.563. The van der Waals surface area contributed by atoms with Gasteiger partial charge in [-0.05, 0) is 42.7 Å². The van der Waals surface area contributed by atoms with E-state index in [1.807, 2.05) is 0 Å². The summed E-state index contributed by atoms with van der Waals surface area (Å²) in [5.41, 5.74) is 5.33. The highest BCUT2D eigenvalue weighted by Crippen LogP contribution is 2.41. The number of hydrogen-bond donors (Lipinski definition) is 2. The van der Waals surface area contributed by atoms with E-state index in [9.17, 15) is 22.8 Å². The summed E-state index contributed by atoms with van der Waals surface area (Å²) in [5.74, 6) is -1.90. The van der Waals surface area contributed by atoms with Gasteiger partial charge in [0.15, 0.2) is 5.82 Å². The van der Waals surface area contributed by atoms with Gasteiger partial charge in [-0.3, -0.25) is 4.79 Å². The molecule has 0 unspecified atom stereocenters. The van der Waals surface area contributed by atoms with Crippen molar-refractivity contribution in [3.63, 3.8) is 0 Å². The molecular formula is C21H16F3N5O3. The van der Waals surface area contributed by atoms with E-state index in [-0.39, 0.29) is 28.4 Å². The van der Waals surface area contributed by atoms with Gasteiger partial charge in [0, 0.05) is 23.4 Å². The van der Waals surface area contributed by atoms with Gasteiger partial charge in [-0.25, -0.2) is 19.4 Å². The van der Waals surface area contributed by atoms with Gasteiger partial charge in [-0.1, -0.05) is 12.1 Å². The van der Waals surface area contributed by atoms with Crippen LogP contribution in [0.5, 0.6) is 0 Å². The molecule has 0 radical (unpaired) electrons. The molecule has 1 saturated carbocycles. The number of carboxylic acids is 1. The van der Waals surface area contributed by atoms with Gasteiger partial charge in [-0.2, -0.15) is 13.2 Å². The third-order valence-corrected chi connectivity index (χ3v) is 4.87. The molecule has 0 bridgehead atoms. The minimum absolute atomic E-state index is 0.00623. The molecule has 1 amide bonds. The number of carbonyl (C=O) groups is 2. The fourth-order valence-corrected chi connectivity index (χ4v) is 3.09. The summed E-state index contributed by atoms with van der Waals surface area (Å²) in [6, 6.07) is 7.88. The Hall–Kier alpha value is -4.02. The lowest BCUT2D eigenvalue weighted by atomic mass is 10.0. The van der Waals surface area contributed by atoms with Crippen molar-refractivity contribution >= 4 is 23.6 Å². The SMILES string of the molecule is NC(=O)C(=Cn1cnc(-c2cc(C3CC3)nc(C(F)(F)F)c2)n1)c1ccc(C(=O)O)cc1. The molecule has 164 valence electrons. The normalized spacial score (nSPS) is 14.4. The van der Waals surface area contributed by atoms with E-state index in [2.05, 4.69) is 15.1 Å². The zero-order valence-electron chi connectivity index (χ0n) is 16.4. The summed E-state index contributed by atoms with van der Waals surface area (Å²) in [7, 11) is 0. The molecule has 2 aromatic heterocycles. The first kappa shape index (κ1) is 21.2. The Morgan fingerprint density at radius 2 is 1.78 bits per heavy atom. The second kappa shape index (κ2) is 7.91. The summed E-state index contributed by atoms with van der Waals surface area (Å²) in [4.78, 5) is 30.7. The van der Waals surface area contributed by atoms with Crippen molar-refractivity contribution in [1.29, 1.82) is 0 Å². The van der Waals surface area contributed by atoms with Crippen molar-refractivity contribution in [3.8, 4) is 11.4 Å². The number of nitrogens with two attached hydrogens (primary N) is 1. The van der Waals surface area contributed by atoms with Crippen molar-refractivity contribution in [3.05, 3.63) is 65.2 Å². The summed E-state index contributed by atoms with van der Waals surface area (Å²) in [5, 5.41) is 13.1. The average molecular weight is 443 g/mol. The maximum atomic E-state index is 13.3. The molecule has 0 aliphatic heterocycles. The predicted molar refractivity (Wildman–Crippen MR) is 107 cm³/mol. The molecule has 1 aliphatic carbocycles. The fourth-order valence-electron chi connectivity index (χ4n) is 3.09. The number of pyridine rings is 1. The fraction of sp³-hybridized carbons (Fsp3) is 0.190. The summed E-state index contributed by atoms with van der Waals surface area (Å²) in [6.07, 6.45) is -0.554. The third-order valence-electron chi connectivity index (χ3n) is 4.87. The first-order valence-electron chi connectivity index (χ1n) is 9.48. The largest absolute Gasteiger partial charge is 0.478 e. The number of alkyl halides is 3. The van der Waals surface area contributed by atoms with Crippen LogP contribution in [-0.4, -0.2) is 36.7 Å². The topological polar surface area (TPSA) is 124 Å². The number of primary amides is 1. The summed E-state index contributed by atoms with van der Waals surface area (Å²) < 4.78 is 41.0. The van der Waals surface area contributed by atoms with E-state index in [0.717, 1.165) is 23.6 Å². The van der Waals surface area contributed by atoms with Crippen LogP contribution >= 0.6 is 0 Å². The van der Waals surface area contributed by atoms with Gasteiger partial charge in [0.25, 0.3) is 5.91 Å². The number of halogens is 3. The smallest absolute Gasteiger partial charge is 0.433 e. The van der Waals surface area contributed by atoms with E-state index in [4.69, 9.17) is 10.8 Å². The van der Waals surface area contributed by atoms with E-state index >= 15 is 0 Å². The number of rotatable bonds is 6. The Morgan fingerprint density at radius 3 is 2.34 bits per heavy atom. The lowest BCUT2D eigenvalue weighted by Gasteiger charge is -2.09. The first-order valence-corrected chi connectivity index (χ1v) is 9.48. The molecule has 3 N–H and O–H groups in total. The van der Waals surface area contributed by atoms with E-state index in [0.29, 0.717) is 11.3 Å². The van der Waals surface area contributed by atoms with E-state index in [1.54, 1.807) is 0 Å². The van der Waals surface area contributed by atoms with Crippen molar-refractivity contribution in [2.24, 2.45) is 5.73 Å². The molecule has 32 heavy (non-hydrogen) atoms. The average Bonchev–Trinajstić information content (AvgIpc) is 3.49. The molecule has 8 nitrogen and oxygen atoms in total. The lowest BCUT2D eigenvalue weighted by molar-refractivity contribution is -0.141. The van der Waals surface area contributed by atoms with Gasteiger partial charge in [-0.15, -0.1) is 5.10 Å². The van der Waals surface area contributed by atoms with Crippen LogP contribution < -0.4 is 5.73 Å². The Kier molecular flexibility index (Phi) is 5.25. The van der Waals surface area contributed by atoms with Gasteiger partial charge in [0.1, 0.15) is 12.0 Å².